The fraction of sp³-hybridized carbons (Fsp3) is 0.692. The molecule has 0 radical (unpaired) electrons. The molecule has 2 heterocycles. The number of carbonyl (C=O) groups is 2. The van der Waals surface area contributed by atoms with Crippen molar-refractivity contribution in [3.8, 4) is 5.75 Å². The molecule has 0 bridgehead atoms. The van der Waals surface area contributed by atoms with Gasteiger partial charge in [0.2, 0.25) is 5.91 Å². The van der Waals surface area contributed by atoms with Gasteiger partial charge in [-0.1, -0.05) is 26.0 Å². The summed E-state index contributed by atoms with van der Waals surface area (Å²) >= 11 is 0. The lowest BCUT2D eigenvalue weighted by molar-refractivity contribution is -0.136. The van der Waals surface area contributed by atoms with Crippen LogP contribution in [0.5, 0.6) is 5.75 Å². The number of hydrogen-bond acceptors (Lipinski definition) is 5. The van der Waals surface area contributed by atoms with Gasteiger partial charge in [-0.2, -0.15) is 0 Å². The Bertz CT molecular complexity index is 777. The van der Waals surface area contributed by atoms with Crippen molar-refractivity contribution in [2.75, 3.05) is 66.0 Å². The first-order valence-corrected chi connectivity index (χ1v) is 12.6. The molecule has 2 aliphatic heterocycles. The fourth-order valence-electron chi connectivity index (χ4n) is 4.74. The second-order valence-corrected chi connectivity index (χ2v) is 9.85. The third-order valence-corrected chi connectivity index (χ3v) is 6.75. The minimum Gasteiger partial charge on any atom is -0.491 e. The summed E-state index contributed by atoms with van der Waals surface area (Å²) in [5.41, 5.74) is 0.610. The van der Waals surface area contributed by atoms with Crippen LogP contribution in [-0.2, 0) is 4.79 Å². The largest absolute Gasteiger partial charge is 0.491 e. The Morgan fingerprint density at radius 3 is 2.45 bits per heavy atom. The number of benzene rings is 1. The van der Waals surface area contributed by atoms with Crippen molar-refractivity contribution in [3.63, 3.8) is 0 Å². The maximum atomic E-state index is 13.5. The normalized spacial score (nSPS) is 21.8. The van der Waals surface area contributed by atoms with Gasteiger partial charge in [-0.05, 0) is 51.3 Å². The third kappa shape index (κ3) is 7.18. The number of hydrogen-bond donors (Lipinski definition) is 0. The van der Waals surface area contributed by atoms with Gasteiger partial charge in [0.25, 0.3) is 5.91 Å². The smallest absolute Gasteiger partial charge is 0.257 e. The number of ether oxygens (including phenoxy) is 1. The number of carbonyl (C=O) groups excluding carboxylic acids is 2. The quantitative estimate of drug-likeness (QED) is 0.679. The van der Waals surface area contributed by atoms with Crippen LogP contribution >= 0.6 is 0 Å². The van der Waals surface area contributed by atoms with E-state index in [4.69, 9.17) is 4.74 Å². The summed E-state index contributed by atoms with van der Waals surface area (Å²) in [5.74, 6) is 1.28. The van der Waals surface area contributed by atoms with E-state index in [1.807, 2.05) is 36.1 Å². The predicted molar refractivity (Wildman–Crippen MR) is 132 cm³/mol. The summed E-state index contributed by atoms with van der Waals surface area (Å²) in [7, 11) is 2.13. The van der Waals surface area contributed by atoms with E-state index in [9.17, 15) is 9.59 Å². The summed E-state index contributed by atoms with van der Waals surface area (Å²) in [6.45, 7) is 13.2. The van der Waals surface area contributed by atoms with Gasteiger partial charge >= 0.3 is 0 Å². The second kappa shape index (κ2) is 12.4. The monoisotopic (exact) mass is 458 g/mol. The zero-order valence-corrected chi connectivity index (χ0v) is 21.0. The van der Waals surface area contributed by atoms with Gasteiger partial charge in [0, 0.05) is 45.8 Å². The van der Waals surface area contributed by atoms with E-state index in [0.717, 1.165) is 45.4 Å². The minimum atomic E-state index is -0.00479. The number of piperazine rings is 1. The summed E-state index contributed by atoms with van der Waals surface area (Å²) in [6, 6.07) is 7.50. The first-order valence-electron chi connectivity index (χ1n) is 12.6. The molecule has 0 aliphatic carbocycles. The number of para-hydroxylation sites is 1. The number of nitrogens with zero attached hydrogens (tertiary/aromatic N) is 4. The van der Waals surface area contributed by atoms with Crippen LogP contribution in [0.3, 0.4) is 0 Å². The van der Waals surface area contributed by atoms with Crippen LogP contribution in [0, 0.1) is 5.92 Å². The van der Waals surface area contributed by atoms with Crippen LogP contribution in [0.15, 0.2) is 24.3 Å². The van der Waals surface area contributed by atoms with Gasteiger partial charge in [-0.25, -0.2) is 0 Å². The zero-order chi connectivity index (χ0) is 23.8. The van der Waals surface area contributed by atoms with Crippen molar-refractivity contribution in [1.82, 2.24) is 19.6 Å². The summed E-state index contributed by atoms with van der Waals surface area (Å²) in [4.78, 5) is 35.2. The van der Waals surface area contributed by atoms with Gasteiger partial charge in [0.15, 0.2) is 0 Å². The van der Waals surface area contributed by atoms with Crippen molar-refractivity contribution < 1.29 is 14.3 Å². The van der Waals surface area contributed by atoms with Crippen LogP contribution in [0.1, 0.15) is 50.4 Å². The molecule has 0 saturated carbocycles. The molecule has 0 aromatic heterocycles. The Hall–Kier alpha value is -2.12. The van der Waals surface area contributed by atoms with Gasteiger partial charge in [-0.3, -0.25) is 14.5 Å². The van der Waals surface area contributed by atoms with Gasteiger partial charge < -0.3 is 19.4 Å². The molecule has 2 aliphatic rings. The van der Waals surface area contributed by atoms with E-state index in [-0.39, 0.29) is 17.9 Å². The molecule has 1 saturated heterocycles. The number of fused-ring (bicyclic) bond motifs is 1. The van der Waals surface area contributed by atoms with Gasteiger partial charge in [0.1, 0.15) is 12.4 Å². The molecule has 33 heavy (non-hydrogen) atoms. The molecule has 3 rings (SSSR count). The highest BCUT2D eigenvalue weighted by Gasteiger charge is 2.29. The molecule has 1 atom stereocenters. The molecule has 0 unspecified atom stereocenters. The van der Waals surface area contributed by atoms with E-state index in [1.165, 1.54) is 0 Å². The van der Waals surface area contributed by atoms with E-state index in [0.29, 0.717) is 50.0 Å². The van der Waals surface area contributed by atoms with Crippen molar-refractivity contribution in [2.45, 2.75) is 46.1 Å². The molecule has 1 fully saturated rings. The van der Waals surface area contributed by atoms with Crippen LogP contribution < -0.4 is 4.74 Å². The summed E-state index contributed by atoms with van der Waals surface area (Å²) in [6.07, 6.45) is 2.65. The van der Waals surface area contributed by atoms with Gasteiger partial charge in [-0.15, -0.1) is 0 Å². The Kier molecular flexibility index (Phi) is 9.56. The summed E-state index contributed by atoms with van der Waals surface area (Å²) in [5, 5.41) is 0. The topological polar surface area (TPSA) is 56.3 Å². The summed E-state index contributed by atoms with van der Waals surface area (Å²) < 4.78 is 6.26. The molecule has 184 valence electrons. The number of rotatable bonds is 5. The van der Waals surface area contributed by atoms with E-state index >= 15 is 0 Å². The minimum absolute atomic E-state index is 0.00479. The second-order valence-electron chi connectivity index (χ2n) is 9.85. The van der Waals surface area contributed by atoms with Crippen LogP contribution in [0.2, 0.25) is 0 Å². The molecular formula is C26H42N4O3. The first kappa shape index (κ1) is 25.5. The highest BCUT2D eigenvalue weighted by Crippen LogP contribution is 2.23. The predicted octanol–water partition coefficient (Wildman–Crippen LogP) is 2.81. The first-order chi connectivity index (χ1) is 15.9. The van der Waals surface area contributed by atoms with Crippen LogP contribution in [0.25, 0.3) is 0 Å². The maximum absolute atomic E-state index is 13.5. The van der Waals surface area contributed by atoms with Crippen molar-refractivity contribution in [3.05, 3.63) is 29.8 Å². The van der Waals surface area contributed by atoms with Crippen molar-refractivity contribution >= 4 is 11.8 Å². The maximum Gasteiger partial charge on any atom is 0.257 e. The highest BCUT2D eigenvalue weighted by atomic mass is 16.5. The number of amides is 2. The van der Waals surface area contributed by atoms with E-state index in [2.05, 4.69) is 35.6 Å². The average molecular weight is 459 g/mol. The highest BCUT2D eigenvalue weighted by molar-refractivity contribution is 5.96. The fourth-order valence-corrected chi connectivity index (χ4v) is 4.74. The Morgan fingerprint density at radius 1 is 1.06 bits per heavy atom. The molecule has 7 nitrogen and oxygen atoms in total. The lowest BCUT2D eigenvalue weighted by Crippen LogP contribution is -2.52. The zero-order valence-electron chi connectivity index (χ0n) is 21.0. The molecule has 0 spiro atoms. The van der Waals surface area contributed by atoms with Crippen molar-refractivity contribution in [2.24, 2.45) is 5.92 Å². The van der Waals surface area contributed by atoms with E-state index in [1.54, 1.807) is 0 Å². The average Bonchev–Trinajstić information content (AvgIpc) is 2.79. The van der Waals surface area contributed by atoms with Crippen molar-refractivity contribution in [1.29, 1.82) is 0 Å². The lowest BCUT2D eigenvalue weighted by Gasteiger charge is -2.37. The molecule has 2 amide bonds. The van der Waals surface area contributed by atoms with E-state index < -0.39 is 0 Å². The lowest BCUT2D eigenvalue weighted by atomic mass is 10.0. The van der Waals surface area contributed by atoms with Gasteiger partial charge in [0.05, 0.1) is 18.2 Å². The SMILES string of the molecule is CCN1CCCCN(C(=O)CN2CCN(C)CC2)[C@@H](CC(C)C)COc2ccccc2C1=O. The third-order valence-electron chi connectivity index (χ3n) is 6.75. The molecular weight excluding hydrogens is 416 g/mol. The number of likely N-dealkylation sites (N-methyl/N-ethyl adjacent to an activating group) is 1. The van der Waals surface area contributed by atoms with Crippen LogP contribution in [0.4, 0.5) is 0 Å². The molecule has 0 N–H and O–H groups in total. The molecule has 1 aromatic rings. The molecule has 7 heteroatoms. The molecule has 1 aromatic carbocycles. The standard InChI is InChI=1S/C26H42N4O3/c1-5-29-12-8-9-13-30(25(31)19-28-16-14-27(4)15-17-28)22(18-21(2)3)20-33-24-11-7-6-10-23(24)26(29)32/h6-7,10-11,21-22H,5,8-9,12-20H2,1-4H3/t22-/m0/s1. The Balaban J connectivity index is 1.81. The van der Waals surface area contributed by atoms with Crippen LogP contribution in [-0.4, -0.2) is 103 Å². The Labute approximate surface area is 199 Å². The Morgan fingerprint density at radius 2 is 1.76 bits per heavy atom.